The van der Waals surface area contributed by atoms with Gasteiger partial charge < -0.3 is 4.90 Å². The summed E-state index contributed by atoms with van der Waals surface area (Å²) >= 11 is 11.9. The van der Waals surface area contributed by atoms with Crippen LogP contribution in [0, 0.1) is 12.3 Å². The number of rotatable bonds is 6. The van der Waals surface area contributed by atoms with Gasteiger partial charge in [-0.15, -0.1) is 6.42 Å². The molecule has 0 radical (unpaired) electrons. The number of hydrogen-bond acceptors (Lipinski definition) is 4. The van der Waals surface area contributed by atoms with Gasteiger partial charge in [0, 0.05) is 19.6 Å². The molecule has 25 heavy (non-hydrogen) atoms. The summed E-state index contributed by atoms with van der Waals surface area (Å²) in [5.74, 6) is 2.57. The van der Waals surface area contributed by atoms with Crippen LogP contribution < -0.4 is 0 Å². The molecule has 1 aromatic carbocycles. The third-order valence-electron chi connectivity index (χ3n) is 4.19. The third kappa shape index (κ3) is 5.61. The van der Waals surface area contributed by atoms with Crippen LogP contribution in [0.15, 0.2) is 18.2 Å². The molecule has 0 aliphatic carbocycles. The zero-order valence-corrected chi connectivity index (χ0v) is 16.2. The van der Waals surface area contributed by atoms with Crippen LogP contribution in [0.5, 0.6) is 0 Å². The smallest absolute Gasteiger partial charge is 0.236 e. The van der Waals surface area contributed by atoms with E-state index in [-0.39, 0.29) is 36.5 Å². The molecule has 136 valence electrons. The first-order valence-corrected chi connectivity index (χ1v) is 10.4. The van der Waals surface area contributed by atoms with Crippen molar-refractivity contribution in [2.75, 3.05) is 31.6 Å². The largest absolute Gasteiger partial charge is 0.340 e. The average Bonchev–Trinajstić information content (AvgIpc) is 2.90. The van der Waals surface area contributed by atoms with Crippen molar-refractivity contribution < 1.29 is 13.2 Å². The molecule has 1 aliphatic rings. The van der Waals surface area contributed by atoms with Crippen LogP contribution in [0.25, 0.3) is 0 Å². The second-order valence-electron chi connectivity index (χ2n) is 6.16. The van der Waals surface area contributed by atoms with Crippen molar-refractivity contribution >= 4 is 38.9 Å². The standard InChI is InChI=1S/C17H20Cl2N2O3S/c1-3-7-21(14-6-8-25(23,24)12-14)11-17(22)20(2)10-13-4-5-15(18)16(19)9-13/h1,4-5,9,14H,6-8,10-12H2,2H3. The first kappa shape index (κ1) is 20.1. The van der Waals surface area contributed by atoms with Crippen molar-refractivity contribution in [3.05, 3.63) is 33.8 Å². The maximum absolute atomic E-state index is 12.5. The molecule has 1 atom stereocenters. The Morgan fingerprint density at radius 2 is 2.08 bits per heavy atom. The maximum Gasteiger partial charge on any atom is 0.236 e. The Hall–Kier alpha value is -1.26. The quantitative estimate of drug-likeness (QED) is 0.683. The molecule has 1 aromatic rings. The highest BCUT2D eigenvalue weighted by atomic mass is 35.5. The molecule has 5 nitrogen and oxygen atoms in total. The molecule has 0 spiro atoms. The first-order chi connectivity index (χ1) is 11.7. The number of nitrogens with zero attached hydrogens (tertiary/aromatic N) is 2. The predicted molar refractivity (Wildman–Crippen MR) is 100 cm³/mol. The molecule has 1 saturated heterocycles. The van der Waals surface area contributed by atoms with Crippen molar-refractivity contribution in [2.24, 2.45) is 0 Å². The summed E-state index contributed by atoms with van der Waals surface area (Å²) in [6.45, 7) is 0.706. The van der Waals surface area contributed by atoms with E-state index in [1.54, 1.807) is 35.0 Å². The molecular weight excluding hydrogens is 383 g/mol. The third-order valence-corrected chi connectivity index (χ3v) is 6.68. The van der Waals surface area contributed by atoms with E-state index in [0.717, 1.165) is 5.56 Å². The maximum atomic E-state index is 12.5. The minimum absolute atomic E-state index is 0.0540. The number of amides is 1. The number of sulfone groups is 1. The van der Waals surface area contributed by atoms with Gasteiger partial charge in [-0.25, -0.2) is 8.42 Å². The molecule has 1 unspecified atom stereocenters. The summed E-state index contributed by atoms with van der Waals surface area (Å²) in [6.07, 6.45) is 5.89. The van der Waals surface area contributed by atoms with Gasteiger partial charge in [0.25, 0.3) is 0 Å². The summed E-state index contributed by atoms with van der Waals surface area (Å²) < 4.78 is 23.3. The van der Waals surface area contributed by atoms with Gasteiger partial charge in [0.05, 0.1) is 34.6 Å². The van der Waals surface area contributed by atoms with E-state index in [9.17, 15) is 13.2 Å². The van der Waals surface area contributed by atoms with Crippen LogP contribution in [0.2, 0.25) is 10.0 Å². The predicted octanol–water partition coefficient (Wildman–Crippen LogP) is 2.07. The Balaban J connectivity index is 2.00. The Bertz CT molecular complexity index is 790. The summed E-state index contributed by atoms with van der Waals surface area (Å²) in [4.78, 5) is 15.8. The van der Waals surface area contributed by atoms with E-state index in [0.29, 0.717) is 23.0 Å². The molecular formula is C17H20Cl2N2O3S. The van der Waals surface area contributed by atoms with Gasteiger partial charge >= 0.3 is 0 Å². The lowest BCUT2D eigenvalue weighted by Gasteiger charge is -2.27. The highest BCUT2D eigenvalue weighted by Crippen LogP contribution is 2.23. The number of halogens is 2. The second kappa shape index (κ2) is 8.41. The zero-order chi connectivity index (χ0) is 18.6. The number of hydrogen-bond donors (Lipinski definition) is 0. The summed E-state index contributed by atoms with van der Waals surface area (Å²) in [6, 6.07) is 5.01. The van der Waals surface area contributed by atoms with E-state index in [1.807, 2.05) is 0 Å². The molecule has 0 N–H and O–H groups in total. The van der Waals surface area contributed by atoms with Crippen molar-refractivity contribution in [3.63, 3.8) is 0 Å². The Morgan fingerprint density at radius 3 is 2.64 bits per heavy atom. The van der Waals surface area contributed by atoms with Gasteiger partial charge in [-0.1, -0.05) is 35.2 Å². The number of carbonyl (C=O) groups is 1. The minimum atomic E-state index is -3.03. The SMILES string of the molecule is C#CCN(CC(=O)N(C)Cc1ccc(Cl)c(Cl)c1)C1CCS(=O)(=O)C1. The molecule has 1 heterocycles. The van der Waals surface area contributed by atoms with Gasteiger partial charge in [-0.05, 0) is 24.1 Å². The van der Waals surface area contributed by atoms with E-state index >= 15 is 0 Å². The van der Waals surface area contributed by atoms with Crippen molar-refractivity contribution in [1.82, 2.24) is 9.80 Å². The minimum Gasteiger partial charge on any atom is -0.340 e. The van der Waals surface area contributed by atoms with Crippen molar-refractivity contribution in [1.29, 1.82) is 0 Å². The van der Waals surface area contributed by atoms with Gasteiger partial charge in [0.2, 0.25) is 5.91 Å². The number of carbonyl (C=O) groups excluding carboxylic acids is 1. The van der Waals surface area contributed by atoms with E-state index < -0.39 is 9.84 Å². The van der Waals surface area contributed by atoms with Crippen molar-refractivity contribution in [3.8, 4) is 12.3 Å². The monoisotopic (exact) mass is 402 g/mol. The lowest BCUT2D eigenvalue weighted by atomic mass is 10.2. The summed E-state index contributed by atoms with van der Waals surface area (Å²) in [5.41, 5.74) is 0.859. The fourth-order valence-corrected chi connectivity index (χ4v) is 4.87. The van der Waals surface area contributed by atoms with Crippen LogP contribution in [-0.4, -0.2) is 61.8 Å². The number of benzene rings is 1. The molecule has 0 bridgehead atoms. The van der Waals surface area contributed by atoms with E-state index in [2.05, 4.69) is 5.92 Å². The lowest BCUT2D eigenvalue weighted by Crippen LogP contribution is -2.44. The van der Waals surface area contributed by atoms with E-state index in [4.69, 9.17) is 29.6 Å². The molecule has 0 aromatic heterocycles. The fourth-order valence-electron chi connectivity index (χ4n) is 2.79. The summed E-state index contributed by atoms with van der Waals surface area (Å²) in [5, 5.41) is 0.896. The van der Waals surface area contributed by atoms with Gasteiger partial charge in [-0.3, -0.25) is 9.69 Å². The van der Waals surface area contributed by atoms with Crippen LogP contribution in [-0.2, 0) is 21.2 Å². The average molecular weight is 403 g/mol. The molecule has 1 aliphatic heterocycles. The van der Waals surface area contributed by atoms with E-state index in [1.165, 1.54) is 0 Å². The molecule has 1 amide bonds. The topological polar surface area (TPSA) is 57.7 Å². The van der Waals surface area contributed by atoms with Crippen LogP contribution in [0.1, 0.15) is 12.0 Å². The van der Waals surface area contributed by atoms with Crippen molar-refractivity contribution in [2.45, 2.75) is 19.0 Å². The van der Waals surface area contributed by atoms with Gasteiger partial charge in [0.1, 0.15) is 0 Å². The zero-order valence-electron chi connectivity index (χ0n) is 13.9. The number of likely N-dealkylation sites (N-methyl/N-ethyl adjacent to an activating group) is 1. The highest BCUT2D eigenvalue weighted by molar-refractivity contribution is 7.91. The molecule has 1 fully saturated rings. The molecule has 0 saturated carbocycles. The Kier molecular flexibility index (Phi) is 6.75. The van der Waals surface area contributed by atoms with Crippen LogP contribution >= 0.6 is 23.2 Å². The first-order valence-electron chi connectivity index (χ1n) is 7.77. The number of terminal acetylenes is 1. The highest BCUT2D eigenvalue weighted by Gasteiger charge is 2.33. The summed E-state index contributed by atoms with van der Waals surface area (Å²) in [7, 11) is -1.35. The molecule has 2 rings (SSSR count). The normalized spacial score (nSPS) is 18.9. The van der Waals surface area contributed by atoms with Crippen LogP contribution in [0.3, 0.4) is 0 Å². The lowest BCUT2D eigenvalue weighted by molar-refractivity contribution is -0.132. The Morgan fingerprint density at radius 1 is 1.36 bits per heavy atom. The van der Waals surface area contributed by atoms with Gasteiger partial charge in [-0.2, -0.15) is 0 Å². The molecule has 8 heteroatoms. The van der Waals surface area contributed by atoms with Gasteiger partial charge in [0.15, 0.2) is 9.84 Å². The van der Waals surface area contributed by atoms with Crippen LogP contribution in [0.4, 0.5) is 0 Å². The second-order valence-corrected chi connectivity index (χ2v) is 9.21. The fraction of sp³-hybridized carbons (Fsp3) is 0.471. The Labute approximate surface area is 158 Å².